The molecule has 0 radical (unpaired) electrons. The predicted molar refractivity (Wildman–Crippen MR) is 131 cm³/mol. The molecule has 0 bridgehead atoms. The zero-order valence-electron chi connectivity index (χ0n) is 16.9. The van der Waals surface area contributed by atoms with E-state index in [-0.39, 0.29) is 5.91 Å². The largest absolute Gasteiger partial charge is 0.492 e. The van der Waals surface area contributed by atoms with Crippen molar-refractivity contribution in [1.82, 2.24) is 9.47 Å². The number of ether oxygens (including phenoxy) is 2. The van der Waals surface area contributed by atoms with Gasteiger partial charge in [-0.1, -0.05) is 53.8 Å². The molecule has 0 aliphatic carbocycles. The third kappa shape index (κ3) is 4.96. The second kappa shape index (κ2) is 9.87. The number of hydrogen-bond acceptors (Lipinski definition) is 5. The number of carbonyl (C=O) groups excluding carboxylic acids is 1. The number of para-hydroxylation sites is 1. The van der Waals surface area contributed by atoms with Gasteiger partial charge in [-0.15, -0.1) is 0 Å². The van der Waals surface area contributed by atoms with Gasteiger partial charge >= 0.3 is 0 Å². The molecule has 31 heavy (non-hydrogen) atoms. The highest BCUT2D eigenvalue weighted by Gasteiger charge is 2.31. The molecular weight excluding hydrogens is 452 g/mol. The van der Waals surface area contributed by atoms with Crippen LogP contribution in [0.15, 0.2) is 59.6 Å². The van der Waals surface area contributed by atoms with Crippen molar-refractivity contribution in [3.05, 3.63) is 70.2 Å². The smallest absolute Gasteiger partial charge is 0.266 e. The number of thiocarbonyl (C=S) groups is 1. The fourth-order valence-electron chi connectivity index (χ4n) is 3.38. The Morgan fingerprint density at radius 1 is 1.10 bits per heavy atom. The van der Waals surface area contributed by atoms with Crippen molar-refractivity contribution in [3.63, 3.8) is 0 Å². The van der Waals surface area contributed by atoms with E-state index in [0.29, 0.717) is 40.6 Å². The number of carbonyl (C=O) groups is 1. The number of nitrogens with zero attached hydrogens (tertiary/aromatic N) is 2. The predicted octanol–water partition coefficient (Wildman–Crippen LogP) is 5.22. The van der Waals surface area contributed by atoms with Crippen LogP contribution in [0.1, 0.15) is 5.56 Å². The Hall–Kier alpha value is -2.32. The Labute approximate surface area is 195 Å². The lowest BCUT2D eigenvalue weighted by molar-refractivity contribution is -0.122. The van der Waals surface area contributed by atoms with Crippen molar-refractivity contribution in [3.8, 4) is 5.75 Å². The highest BCUT2D eigenvalue weighted by molar-refractivity contribution is 8.26. The van der Waals surface area contributed by atoms with E-state index in [9.17, 15) is 4.79 Å². The van der Waals surface area contributed by atoms with E-state index in [0.717, 1.165) is 22.2 Å². The van der Waals surface area contributed by atoms with Crippen LogP contribution < -0.4 is 4.74 Å². The fourth-order valence-corrected chi connectivity index (χ4v) is 4.81. The first kappa shape index (κ1) is 21.9. The van der Waals surface area contributed by atoms with Gasteiger partial charge < -0.3 is 14.0 Å². The van der Waals surface area contributed by atoms with Crippen LogP contribution >= 0.6 is 35.6 Å². The van der Waals surface area contributed by atoms with E-state index in [1.165, 1.54) is 11.8 Å². The Bertz CT molecular complexity index is 1140. The van der Waals surface area contributed by atoms with Crippen LogP contribution in [0.5, 0.6) is 5.75 Å². The second-order valence-corrected chi connectivity index (χ2v) is 9.04. The molecule has 0 N–H and O–H groups in total. The minimum atomic E-state index is -0.0741. The molecule has 5 nitrogen and oxygen atoms in total. The van der Waals surface area contributed by atoms with Crippen LogP contribution in [-0.4, -0.2) is 46.6 Å². The molecule has 1 amide bonds. The standard InChI is InChI=1S/C23H21ClN2O3S2/c1-28-12-11-26-22(27)21(31-23(26)30)14-16-15-25(20-5-3-2-4-19(16)20)10-13-29-18-8-6-17(24)7-9-18/h2-9,14-15H,10-13H2,1H3/b21-14-. The van der Waals surface area contributed by atoms with Crippen LogP contribution in [0.3, 0.4) is 0 Å². The minimum absolute atomic E-state index is 0.0741. The van der Waals surface area contributed by atoms with Crippen molar-refractivity contribution in [2.24, 2.45) is 0 Å². The molecule has 1 aliphatic heterocycles. The summed E-state index contributed by atoms with van der Waals surface area (Å²) in [6.45, 7) is 2.10. The van der Waals surface area contributed by atoms with E-state index in [4.69, 9.17) is 33.3 Å². The summed E-state index contributed by atoms with van der Waals surface area (Å²) < 4.78 is 13.6. The van der Waals surface area contributed by atoms with Crippen LogP contribution in [0, 0.1) is 0 Å². The SMILES string of the molecule is COCCN1C(=O)/C(=C/c2cn(CCOc3ccc(Cl)cc3)c3ccccc23)SC1=S. The van der Waals surface area contributed by atoms with Gasteiger partial charge in [0.2, 0.25) is 0 Å². The van der Waals surface area contributed by atoms with E-state index >= 15 is 0 Å². The molecule has 4 rings (SSSR count). The molecule has 1 aliphatic rings. The number of rotatable bonds is 8. The van der Waals surface area contributed by atoms with Crippen molar-refractivity contribution in [1.29, 1.82) is 0 Å². The van der Waals surface area contributed by atoms with Crippen molar-refractivity contribution < 1.29 is 14.3 Å². The number of thioether (sulfide) groups is 1. The summed E-state index contributed by atoms with van der Waals surface area (Å²) >= 11 is 12.6. The maximum absolute atomic E-state index is 12.8. The lowest BCUT2D eigenvalue weighted by Crippen LogP contribution is -2.31. The van der Waals surface area contributed by atoms with Crippen LogP contribution in [-0.2, 0) is 16.1 Å². The topological polar surface area (TPSA) is 43.7 Å². The number of halogens is 1. The Balaban J connectivity index is 1.54. The Morgan fingerprint density at radius 3 is 2.65 bits per heavy atom. The molecule has 8 heteroatoms. The first-order chi connectivity index (χ1) is 15.1. The molecule has 3 aromatic rings. The average Bonchev–Trinajstić information content (AvgIpc) is 3.25. The molecule has 1 aromatic heterocycles. The van der Waals surface area contributed by atoms with Crippen LogP contribution in [0.2, 0.25) is 5.02 Å². The Kier molecular flexibility index (Phi) is 6.97. The lowest BCUT2D eigenvalue weighted by atomic mass is 10.1. The zero-order valence-corrected chi connectivity index (χ0v) is 19.3. The highest BCUT2D eigenvalue weighted by atomic mass is 35.5. The minimum Gasteiger partial charge on any atom is -0.492 e. The van der Waals surface area contributed by atoms with Gasteiger partial charge in [0.1, 0.15) is 16.7 Å². The summed E-state index contributed by atoms with van der Waals surface area (Å²) in [5.74, 6) is 0.704. The normalized spacial score (nSPS) is 15.4. The van der Waals surface area contributed by atoms with E-state index in [1.807, 2.05) is 42.5 Å². The third-order valence-electron chi connectivity index (χ3n) is 4.91. The van der Waals surface area contributed by atoms with Crippen molar-refractivity contribution in [2.75, 3.05) is 26.9 Å². The van der Waals surface area contributed by atoms with Crippen molar-refractivity contribution >= 4 is 62.8 Å². The summed E-state index contributed by atoms with van der Waals surface area (Å²) in [5.41, 5.74) is 2.07. The maximum atomic E-state index is 12.8. The molecule has 0 saturated carbocycles. The number of benzene rings is 2. The molecule has 1 saturated heterocycles. The molecule has 1 fully saturated rings. The van der Waals surface area contributed by atoms with Gasteiger partial charge in [-0.3, -0.25) is 9.69 Å². The third-order valence-corrected chi connectivity index (χ3v) is 6.54. The monoisotopic (exact) mass is 472 g/mol. The molecule has 160 valence electrons. The van der Waals surface area contributed by atoms with Gasteiger partial charge in [0, 0.05) is 34.8 Å². The summed E-state index contributed by atoms with van der Waals surface area (Å²) in [6.07, 6.45) is 3.97. The fraction of sp³-hybridized carbons (Fsp3) is 0.217. The lowest BCUT2D eigenvalue weighted by Gasteiger charge is -2.12. The van der Waals surface area contributed by atoms with E-state index < -0.39 is 0 Å². The molecule has 2 aromatic carbocycles. The molecule has 0 atom stereocenters. The van der Waals surface area contributed by atoms with E-state index in [2.05, 4.69) is 22.9 Å². The number of fused-ring (bicyclic) bond motifs is 1. The summed E-state index contributed by atoms with van der Waals surface area (Å²) in [7, 11) is 1.61. The van der Waals surface area contributed by atoms with Crippen LogP contribution in [0.25, 0.3) is 17.0 Å². The van der Waals surface area contributed by atoms with Crippen molar-refractivity contribution in [2.45, 2.75) is 6.54 Å². The molecule has 0 unspecified atom stereocenters. The highest BCUT2D eigenvalue weighted by Crippen LogP contribution is 2.34. The first-order valence-electron chi connectivity index (χ1n) is 9.77. The van der Waals surface area contributed by atoms with Crippen LogP contribution in [0.4, 0.5) is 0 Å². The molecular formula is C23H21ClN2O3S2. The summed E-state index contributed by atoms with van der Waals surface area (Å²) in [5, 5.41) is 1.76. The number of aromatic nitrogens is 1. The van der Waals surface area contributed by atoms with Gasteiger partial charge in [-0.25, -0.2) is 0 Å². The first-order valence-corrected chi connectivity index (χ1v) is 11.4. The number of methoxy groups -OCH3 is 1. The summed E-state index contributed by atoms with van der Waals surface area (Å²) in [6, 6.07) is 15.5. The quantitative estimate of drug-likeness (QED) is 0.332. The average molecular weight is 473 g/mol. The van der Waals surface area contributed by atoms with Gasteiger partial charge in [0.05, 0.1) is 24.6 Å². The molecule has 2 heterocycles. The second-order valence-electron chi connectivity index (χ2n) is 6.92. The van der Waals surface area contributed by atoms with Gasteiger partial charge in [-0.05, 0) is 36.4 Å². The van der Waals surface area contributed by atoms with Gasteiger partial charge in [-0.2, -0.15) is 0 Å². The zero-order chi connectivity index (χ0) is 21.8. The number of hydrogen-bond donors (Lipinski definition) is 0. The van der Waals surface area contributed by atoms with E-state index in [1.54, 1.807) is 12.0 Å². The van der Waals surface area contributed by atoms with Gasteiger partial charge in [0.25, 0.3) is 5.91 Å². The van der Waals surface area contributed by atoms with Gasteiger partial charge in [0.15, 0.2) is 0 Å². The Morgan fingerprint density at radius 2 is 1.87 bits per heavy atom. The summed E-state index contributed by atoms with van der Waals surface area (Å²) in [4.78, 5) is 15.0. The molecule has 0 spiro atoms. The maximum Gasteiger partial charge on any atom is 0.266 e. The number of amides is 1.